The topological polar surface area (TPSA) is 130 Å². The van der Waals surface area contributed by atoms with Crippen molar-refractivity contribution in [2.45, 2.75) is 89.3 Å². The standard InChI is InChI=1S/C40H53N3O7/c1-27(43-18-20-48-21-19-43)26-49-32-16-14-29(15-17-32)22-31(38(46)42-37-33-13-9-8-12-30(33)24-36(37)45)25-35(44)34(23-28-10-6-5-7-11-28)41-39(47)50-40(2,3)4/h5-17,27,31,34-37,44-45H,18-26H2,1-4H3,(H,41,47)(H,42,46)/t27?,31-,34+,35+,36-,37+/m1/s1. The number of alkyl carbamates (subject to hydrolysis) is 1. The first-order chi connectivity index (χ1) is 23.9. The number of carbonyl (C=O) groups is 2. The van der Waals surface area contributed by atoms with E-state index in [0.717, 1.165) is 54.3 Å². The maximum absolute atomic E-state index is 14.1. The van der Waals surface area contributed by atoms with Crippen LogP contribution in [-0.2, 0) is 33.5 Å². The van der Waals surface area contributed by atoms with Gasteiger partial charge in [-0.1, -0.05) is 66.7 Å². The molecule has 1 aliphatic heterocycles. The molecular formula is C40H53N3O7. The van der Waals surface area contributed by atoms with Crippen molar-refractivity contribution in [2.24, 2.45) is 5.92 Å². The molecule has 1 fully saturated rings. The summed E-state index contributed by atoms with van der Waals surface area (Å²) in [4.78, 5) is 29.4. The van der Waals surface area contributed by atoms with Gasteiger partial charge in [-0.15, -0.1) is 0 Å². The summed E-state index contributed by atoms with van der Waals surface area (Å²) in [5.41, 5.74) is 3.01. The summed E-state index contributed by atoms with van der Waals surface area (Å²) in [5, 5.41) is 28.6. The molecule has 5 rings (SSSR count). The zero-order valence-electron chi connectivity index (χ0n) is 29.7. The van der Waals surface area contributed by atoms with Crippen LogP contribution in [0.25, 0.3) is 0 Å². The molecule has 0 radical (unpaired) electrons. The Morgan fingerprint density at radius 2 is 1.60 bits per heavy atom. The number of carbonyl (C=O) groups excluding carboxylic acids is 2. The SMILES string of the molecule is CC(COc1ccc(C[C@H](C[C@H](O)[C@H](Cc2ccccc2)NC(=O)OC(C)(C)C)C(=O)N[C@H]2c3ccccc3C[C@H]2O)cc1)N1CCOCC1. The monoisotopic (exact) mass is 687 g/mol. The van der Waals surface area contributed by atoms with Gasteiger partial charge in [0.05, 0.1) is 37.5 Å². The number of amides is 2. The lowest BCUT2D eigenvalue weighted by atomic mass is 9.88. The first kappa shape index (κ1) is 37.3. The molecule has 3 aromatic rings. The largest absolute Gasteiger partial charge is 0.492 e. The quantitative estimate of drug-likeness (QED) is 0.194. The third-order valence-corrected chi connectivity index (χ3v) is 9.43. The van der Waals surface area contributed by atoms with E-state index in [4.69, 9.17) is 14.2 Å². The molecule has 10 nitrogen and oxygen atoms in total. The van der Waals surface area contributed by atoms with Crippen LogP contribution in [0.1, 0.15) is 62.4 Å². The van der Waals surface area contributed by atoms with Gasteiger partial charge in [0.2, 0.25) is 5.91 Å². The van der Waals surface area contributed by atoms with Gasteiger partial charge in [0.25, 0.3) is 0 Å². The molecule has 6 atom stereocenters. The molecule has 50 heavy (non-hydrogen) atoms. The Morgan fingerprint density at radius 3 is 2.30 bits per heavy atom. The molecule has 2 amide bonds. The van der Waals surface area contributed by atoms with Gasteiger partial charge in [0.1, 0.15) is 18.0 Å². The van der Waals surface area contributed by atoms with Crippen LogP contribution in [0, 0.1) is 5.92 Å². The second kappa shape index (κ2) is 17.3. The molecular weight excluding hydrogens is 634 g/mol. The van der Waals surface area contributed by atoms with Gasteiger partial charge in [-0.3, -0.25) is 9.69 Å². The summed E-state index contributed by atoms with van der Waals surface area (Å²) in [7, 11) is 0. The van der Waals surface area contributed by atoms with Gasteiger partial charge < -0.3 is 35.1 Å². The van der Waals surface area contributed by atoms with E-state index in [-0.39, 0.29) is 18.4 Å². The fourth-order valence-corrected chi connectivity index (χ4v) is 6.71. The number of morpholine rings is 1. The molecule has 1 unspecified atom stereocenters. The molecule has 0 saturated carbocycles. The van der Waals surface area contributed by atoms with Crippen molar-refractivity contribution in [3.63, 3.8) is 0 Å². The average molecular weight is 688 g/mol. The number of hydrogen-bond acceptors (Lipinski definition) is 8. The summed E-state index contributed by atoms with van der Waals surface area (Å²) in [5.74, 6) is -0.206. The zero-order valence-corrected chi connectivity index (χ0v) is 29.7. The van der Waals surface area contributed by atoms with E-state index in [0.29, 0.717) is 25.9 Å². The van der Waals surface area contributed by atoms with Crippen molar-refractivity contribution < 1.29 is 34.0 Å². The number of hydrogen-bond donors (Lipinski definition) is 4. The highest BCUT2D eigenvalue weighted by Crippen LogP contribution is 2.32. The van der Waals surface area contributed by atoms with Gasteiger partial charge >= 0.3 is 6.09 Å². The van der Waals surface area contributed by atoms with Gasteiger partial charge in [-0.05, 0) is 81.3 Å². The third-order valence-electron chi connectivity index (χ3n) is 9.43. The summed E-state index contributed by atoms with van der Waals surface area (Å²) in [6.45, 7) is 11.3. The van der Waals surface area contributed by atoms with Crippen molar-refractivity contribution >= 4 is 12.0 Å². The Morgan fingerprint density at radius 1 is 0.940 bits per heavy atom. The summed E-state index contributed by atoms with van der Waals surface area (Å²) >= 11 is 0. The second-order valence-corrected chi connectivity index (χ2v) is 14.6. The number of aliphatic hydroxyl groups excluding tert-OH is 2. The molecule has 270 valence electrons. The number of fused-ring (bicyclic) bond motifs is 1. The lowest BCUT2D eigenvalue weighted by Gasteiger charge is -2.32. The highest BCUT2D eigenvalue weighted by Gasteiger charge is 2.35. The first-order valence-corrected chi connectivity index (χ1v) is 17.8. The van der Waals surface area contributed by atoms with Gasteiger partial charge in [-0.2, -0.15) is 0 Å². The maximum atomic E-state index is 14.1. The Bertz CT molecular complexity index is 1520. The van der Waals surface area contributed by atoms with Crippen LogP contribution in [0.5, 0.6) is 5.75 Å². The van der Waals surface area contributed by atoms with Crippen molar-refractivity contribution in [1.29, 1.82) is 0 Å². The molecule has 1 aliphatic carbocycles. The molecule has 1 heterocycles. The molecule has 3 aromatic carbocycles. The summed E-state index contributed by atoms with van der Waals surface area (Å²) in [6.07, 6.45) is -1.26. The van der Waals surface area contributed by atoms with E-state index in [2.05, 4.69) is 22.5 Å². The van der Waals surface area contributed by atoms with Crippen molar-refractivity contribution in [1.82, 2.24) is 15.5 Å². The lowest BCUT2D eigenvalue weighted by molar-refractivity contribution is -0.127. The zero-order chi connectivity index (χ0) is 35.7. The van der Waals surface area contributed by atoms with Crippen molar-refractivity contribution in [3.05, 3.63) is 101 Å². The number of benzene rings is 3. The summed E-state index contributed by atoms with van der Waals surface area (Å²) in [6, 6.07) is 24.0. The highest BCUT2D eigenvalue weighted by atomic mass is 16.6. The smallest absolute Gasteiger partial charge is 0.407 e. The molecule has 0 spiro atoms. The van der Waals surface area contributed by atoms with E-state index in [1.165, 1.54) is 0 Å². The average Bonchev–Trinajstić information content (AvgIpc) is 3.41. The van der Waals surface area contributed by atoms with Crippen LogP contribution in [0.15, 0.2) is 78.9 Å². The Balaban J connectivity index is 1.32. The minimum atomic E-state index is -1.08. The maximum Gasteiger partial charge on any atom is 0.407 e. The fraction of sp³-hybridized carbons (Fsp3) is 0.500. The van der Waals surface area contributed by atoms with Crippen molar-refractivity contribution in [3.8, 4) is 5.75 Å². The number of nitrogens with one attached hydrogen (secondary N) is 2. The number of rotatable bonds is 14. The molecule has 2 aliphatic rings. The van der Waals surface area contributed by atoms with Gasteiger partial charge in [0, 0.05) is 31.5 Å². The van der Waals surface area contributed by atoms with Crippen LogP contribution in [0.3, 0.4) is 0 Å². The van der Waals surface area contributed by atoms with Crippen LogP contribution in [0.4, 0.5) is 4.79 Å². The van der Waals surface area contributed by atoms with E-state index in [1.54, 1.807) is 20.8 Å². The third kappa shape index (κ3) is 10.8. The van der Waals surface area contributed by atoms with E-state index < -0.39 is 41.9 Å². The second-order valence-electron chi connectivity index (χ2n) is 14.6. The van der Waals surface area contributed by atoms with Crippen LogP contribution in [-0.4, -0.2) is 89.9 Å². The predicted octanol–water partition coefficient (Wildman–Crippen LogP) is 4.61. The molecule has 0 aromatic heterocycles. The van der Waals surface area contributed by atoms with Crippen LogP contribution in [0.2, 0.25) is 0 Å². The fourth-order valence-electron chi connectivity index (χ4n) is 6.71. The lowest BCUT2D eigenvalue weighted by Crippen LogP contribution is -2.48. The Labute approximate surface area is 296 Å². The minimum absolute atomic E-state index is 0.0684. The normalized spacial score (nSPS) is 20.2. The number of nitrogens with zero attached hydrogens (tertiary/aromatic N) is 1. The molecule has 4 N–H and O–H groups in total. The van der Waals surface area contributed by atoms with Gasteiger partial charge in [0.15, 0.2) is 0 Å². The molecule has 1 saturated heterocycles. The van der Waals surface area contributed by atoms with Gasteiger partial charge in [-0.25, -0.2) is 4.79 Å². The number of ether oxygens (including phenoxy) is 3. The van der Waals surface area contributed by atoms with Crippen molar-refractivity contribution in [2.75, 3.05) is 32.9 Å². The number of aliphatic hydroxyl groups is 2. The van der Waals surface area contributed by atoms with Crippen LogP contribution >= 0.6 is 0 Å². The highest BCUT2D eigenvalue weighted by molar-refractivity contribution is 5.80. The Hall–Kier alpha value is -3.96. The Kier molecular flexibility index (Phi) is 12.9. The molecule has 0 bridgehead atoms. The van der Waals surface area contributed by atoms with E-state index >= 15 is 0 Å². The van der Waals surface area contributed by atoms with Crippen LogP contribution < -0.4 is 15.4 Å². The minimum Gasteiger partial charge on any atom is -0.492 e. The molecule has 10 heteroatoms. The first-order valence-electron chi connectivity index (χ1n) is 17.8. The predicted molar refractivity (Wildman–Crippen MR) is 192 cm³/mol. The summed E-state index contributed by atoms with van der Waals surface area (Å²) < 4.78 is 17.1. The van der Waals surface area contributed by atoms with E-state index in [9.17, 15) is 19.8 Å². The van der Waals surface area contributed by atoms with E-state index in [1.807, 2.05) is 78.9 Å².